The lowest BCUT2D eigenvalue weighted by atomic mass is 10.2. The molecule has 1 aromatic carbocycles. The second-order valence-electron chi connectivity index (χ2n) is 4.47. The standard InChI is InChI=1S/C13H21BrN2O3S/c1-15-10-11-5-6-13(12(14)9-11)20(17,18)16(2)7-4-8-19-3/h5-6,9,15H,4,7-8,10H2,1-3H3. The maximum absolute atomic E-state index is 12.5. The van der Waals surface area contributed by atoms with Crippen LogP contribution in [0.5, 0.6) is 0 Å². The molecule has 1 rings (SSSR count). The van der Waals surface area contributed by atoms with Crippen LogP contribution < -0.4 is 5.32 Å². The largest absolute Gasteiger partial charge is 0.385 e. The Hall–Kier alpha value is -0.470. The molecule has 0 spiro atoms. The molecule has 0 aliphatic rings. The third kappa shape index (κ3) is 4.53. The highest BCUT2D eigenvalue weighted by Gasteiger charge is 2.23. The van der Waals surface area contributed by atoms with Crippen molar-refractivity contribution in [2.45, 2.75) is 17.9 Å². The Morgan fingerprint density at radius 2 is 2.10 bits per heavy atom. The molecule has 0 saturated heterocycles. The van der Waals surface area contributed by atoms with Crippen LogP contribution in [0.3, 0.4) is 0 Å². The molecule has 7 heteroatoms. The van der Waals surface area contributed by atoms with Gasteiger partial charge in [-0.1, -0.05) is 6.07 Å². The fourth-order valence-corrected chi connectivity index (χ4v) is 4.08. The summed E-state index contributed by atoms with van der Waals surface area (Å²) in [5.41, 5.74) is 1.03. The van der Waals surface area contributed by atoms with Gasteiger partial charge >= 0.3 is 0 Å². The Kier molecular flexibility index (Phi) is 7.11. The average Bonchev–Trinajstić information content (AvgIpc) is 2.39. The second kappa shape index (κ2) is 8.09. The fourth-order valence-electron chi connectivity index (χ4n) is 1.79. The van der Waals surface area contributed by atoms with E-state index < -0.39 is 10.0 Å². The molecule has 0 saturated carbocycles. The van der Waals surface area contributed by atoms with Crippen LogP contribution >= 0.6 is 15.9 Å². The number of rotatable bonds is 8. The van der Waals surface area contributed by atoms with Crippen LogP contribution in [0.4, 0.5) is 0 Å². The summed E-state index contributed by atoms with van der Waals surface area (Å²) in [4.78, 5) is 0.289. The molecular formula is C13H21BrN2O3S. The van der Waals surface area contributed by atoms with Crippen molar-refractivity contribution >= 4 is 26.0 Å². The molecule has 0 fully saturated rings. The first kappa shape index (κ1) is 17.6. The topological polar surface area (TPSA) is 58.6 Å². The Balaban J connectivity index is 2.91. The maximum Gasteiger partial charge on any atom is 0.243 e. The van der Waals surface area contributed by atoms with Crippen LogP contribution in [0, 0.1) is 0 Å². The lowest BCUT2D eigenvalue weighted by molar-refractivity contribution is 0.189. The Morgan fingerprint density at radius 3 is 2.65 bits per heavy atom. The van der Waals surface area contributed by atoms with E-state index in [-0.39, 0.29) is 4.90 Å². The van der Waals surface area contributed by atoms with Gasteiger partial charge in [0.15, 0.2) is 0 Å². The van der Waals surface area contributed by atoms with E-state index in [2.05, 4.69) is 21.2 Å². The smallest absolute Gasteiger partial charge is 0.243 e. The number of sulfonamides is 1. The molecule has 0 atom stereocenters. The van der Waals surface area contributed by atoms with E-state index >= 15 is 0 Å². The third-order valence-corrected chi connectivity index (χ3v) is 5.72. The van der Waals surface area contributed by atoms with Gasteiger partial charge in [0.05, 0.1) is 4.90 Å². The SMILES string of the molecule is CNCc1ccc(S(=O)(=O)N(C)CCCOC)c(Br)c1. The molecule has 0 radical (unpaired) electrons. The zero-order chi connectivity index (χ0) is 15.2. The summed E-state index contributed by atoms with van der Waals surface area (Å²) in [6.07, 6.45) is 0.668. The van der Waals surface area contributed by atoms with Crippen LogP contribution in [0.1, 0.15) is 12.0 Å². The number of ether oxygens (including phenoxy) is 1. The van der Waals surface area contributed by atoms with E-state index in [0.717, 1.165) is 5.56 Å². The molecule has 0 bridgehead atoms. The first-order valence-electron chi connectivity index (χ1n) is 6.31. The van der Waals surface area contributed by atoms with Crippen molar-refractivity contribution < 1.29 is 13.2 Å². The summed E-state index contributed by atoms with van der Waals surface area (Å²) in [6, 6.07) is 5.28. The van der Waals surface area contributed by atoms with E-state index in [1.54, 1.807) is 20.2 Å². The van der Waals surface area contributed by atoms with E-state index in [0.29, 0.717) is 30.6 Å². The number of benzene rings is 1. The minimum Gasteiger partial charge on any atom is -0.385 e. The molecule has 20 heavy (non-hydrogen) atoms. The van der Waals surface area contributed by atoms with Gasteiger partial charge in [0.1, 0.15) is 0 Å². The zero-order valence-electron chi connectivity index (χ0n) is 12.0. The van der Waals surface area contributed by atoms with E-state index in [9.17, 15) is 8.42 Å². The van der Waals surface area contributed by atoms with E-state index in [1.807, 2.05) is 19.2 Å². The van der Waals surface area contributed by atoms with Crippen molar-refractivity contribution in [1.29, 1.82) is 0 Å². The molecule has 114 valence electrons. The van der Waals surface area contributed by atoms with Crippen LogP contribution in [-0.4, -0.2) is 47.1 Å². The van der Waals surface area contributed by atoms with Crippen LogP contribution in [-0.2, 0) is 21.3 Å². The quantitative estimate of drug-likeness (QED) is 0.714. The van der Waals surface area contributed by atoms with Crippen molar-refractivity contribution in [3.63, 3.8) is 0 Å². The number of nitrogens with zero attached hydrogens (tertiary/aromatic N) is 1. The summed E-state index contributed by atoms with van der Waals surface area (Å²) in [5.74, 6) is 0. The number of nitrogens with one attached hydrogen (secondary N) is 1. The summed E-state index contributed by atoms with van der Waals surface area (Å²) >= 11 is 3.34. The van der Waals surface area contributed by atoms with E-state index in [1.165, 1.54) is 4.31 Å². The molecule has 1 aromatic rings. The van der Waals surface area contributed by atoms with Crippen molar-refractivity contribution in [2.24, 2.45) is 0 Å². The predicted octanol–water partition coefficient (Wildman–Crippen LogP) is 1.83. The Bertz CT molecular complexity index is 534. The number of hydrogen-bond donors (Lipinski definition) is 1. The zero-order valence-corrected chi connectivity index (χ0v) is 14.4. The van der Waals surface area contributed by atoms with Crippen molar-refractivity contribution in [2.75, 3.05) is 34.4 Å². The third-order valence-electron chi connectivity index (χ3n) is 2.89. The molecule has 0 aromatic heterocycles. The highest BCUT2D eigenvalue weighted by atomic mass is 79.9. The number of halogens is 1. The van der Waals surface area contributed by atoms with Gasteiger partial charge < -0.3 is 10.1 Å². The normalized spacial score (nSPS) is 12.1. The maximum atomic E-state index is 12.5. The summed E-state index contributed by atoms with van der Waals surface area (Å²) in [7, 11) is 1.56. The lowest BCUT2D eigenvalue weighted by Crippen LogP contribution is -2.29. The van der Waals surface area contributed by atoms with Crippen molar-refractivity contribution in [3.8, 4) is 0 Å². The molecular weight excluding hydrogens is 344 g/mol. The summed E-state index contributed by atoms with van der Waals surface area (Å²) in [5, 5.41) is 3.03. The summed E-state index contributed by atoms with van der Waals surface area (Å²) in [6.45, 7) is 1.67. The fraction of sp³-hybridized carbons (Fsp3) is 0.538. The molecule has 0 aliphatic carbocycles. The van der Waals surface area contributed by atoms with Gasteiger partial charge in [-0.25, -0.2) is 12.7 Å². The minimum atomic E-state index is -3.47. The van der Waals surface area contributed by atoms with E-state index in [4.69, 9.17) is 4.74 Å². The van der Waals surface area contributed by atoms with Crippen molar-refractivity contribution in [3.05, 3.63) is 28.2 Å². The Labute approximate surface area is 129 Å². The lowest BCUT2D eigenvalue weighted by Gasteiger charge is -2.18. The number of methoxy groups -OCH3 is 1. The van der Waals surface area contributed by atoms with Crippen molar-refractivity contribution in [1.82, 2.24) is 9.62 Å². The monoisotopic (exact) mass is 364 g/mol. The Morgan fingerprint density at radius 1 is 1.40 bits per heavy atom. The average molecular weight is 365 g/mol. The number of hydrogen-bond acceptors (Lipinski definition) is 4. The molecule has 0 unspecified atom stereocenters. The van der Waals surface area contributed by atoms with Gasteiger partial charge in [-0.3, -0.25) is 0 Å². The highest BCUT2D eigenvalue weighted by molar-refractivity contribution is 9.10. The predicted molar refractivity (Wildman–Crippen MR) is 83.2 cm³/mol. The first-order valence-corrected chi connectivity index (χ1v) is 8.55. The van der Waals surface area contributed by atoms with Crippen LogP contribution in [0.15, 0.2) is 27.6 Å². The highest BCUT2D eigenvalue weighted by Crippen LogP contribution is 2.25. The molecule has 0 amide bonds. The molecule has 1 N–H and O–H groups in total. The van der Waals surface area contributed by atoms with Gasteiger partial charge in [-0.2, -0.15) is 0 Å². The van der Waals surface area contributed by atoms with Crippen LogP contribution in [0.25, 0.3) is 0 Å². The van der Waals surface area contributed by atoms with Gasteiger partial charge in [0.2, 0.25) is 10.0 Å². The van der Waals surface area contributed by atoms with Gasteiger partial charge in [0, 0.05) is 38.3 Å². The minimum absolute atomic E-state index is 0.289. The molecule has 5 nitrogen and oxygen atoms in total. The van der Waals surface area contributed by atoms with Gasteiger partial charge in [-0.15, -0.1) is 0 Å². The molecule has 0 heterocycles. The van der Waals surface area contributed by atoms with Gasteiger partial charge in [0.25, 0.3) is 0 Å². The second-order valence-corrected chi connectivity index (χ2v) is 7.34. The molecule has 0 aliphatic heterocycles. The van der Waals surface area contributed by atoms with Gasteiger partial charge in [-0.05, 0) is 47.1 Å². The van der Waals surface area contributed by atoms with Crippen LogP contribution in [0.2, 0.25) is 0 Å². The summed E-state index contributed by atoms with van der Waals surface area (Å²) < 4.78 is 31.8. The first-order chi connectivity index (χ1) is 9.43.